The molecule has 0 spiro atoms. The summed E-state index contributed by atoms with van der Waals surface area (Å²) >= 11 is 1.74. The van der Waals surface area contributed by atoms with Crippen molar-refractivity contribution in [3.63, 3.8) is 0 Å². The second-order valence-electron chi connectivity index (χ2n) is 6.99. The van der Waals surface area contributed by atoms with Crippen LogP contribution in [0.25, 0.3) is 32.7 Å². The van der Waals surface area contributed by atoms with Crippen LogP contribution in [-0.2, 0) is 13.2 Å². The van der Waals surface area contributed by atoms with Crippen LogP contribution in [0.4, 0.5) is 0 Å². The summed E-state index contributed by atoms with van der Waals surface area (Å²) in [5.74, 6) is 0. The number of rotatable bonds is 4. The third-order valence-electron chi connectivity index (χ3n) is 4.93. The lowest BCUT2D eigenvalue weighted by Crippen LogP contribution is -2.00. The molecular formula is C23H19N3OS. The monoisotopic (exact) mass is 385 g/mol. The molecule has 0 unspecified atom stereocenters. The molecule has 3 heterocycles. The van der Waals surface area contributed by atoms with Gasteiger partial charge in [0.25, 0.3) is 0 Å². The number of aliphatic hydroxyl groups excluding tert-OH is 1. The third-order valence-corrected chi connectivity index (χ3v) is 5.94. The molecular weight excluding hydrogens is 366 g/mol. The van der Waals surface area contributed by atoms with E-state index in [2.05, 4.69) is 54.2 Å². The van der Waals surface area contributed by atoms with Gasteiger partial charge in [-0.15, -0.1) is 11.3 Å². The Labute approximate surface area is 167 Å². The smallest absolute Gasteiger partial charge is 0.114 e. The first kappa shape index (κ1) is 17.1. The van der Waals surface area contributed by atoms with Crippen LogP contribution in [-0.4, -0.2) is 19.6 Å². The molecule has 4 nitrogen and oxygen atoms in total. The van der Waals surface area contributed by atoms with Crippen molar-refractivity contribution >= 4 is 21.6 Å². The first-order chi connectivity index (χ1) is 13.7. The standard InChI is InChI=1S/C23H19N3OS/c1-15-6-7-19-22(10-15)28-23(25-19)13-26-9-8-16-11-20(24-21(16)12-26)18-5-3-2-4-17(18)14-27/h2-12,27H,13-14H2,1H3. The fraction of sp³-hybridized carbons (Fsp3) is 0.130. The zero-order valence-corrected chi connectivity index (χ0v) is 16.3. The van der Waals surface area contributed by atoms with Gasteiger partial charge >= 0.3 is 0 Å². The summed E-state index contributed by atoms with van der Waals surface area (Å²) in [6.07, 6.45) is 4.14. The largest absolute Gasteiger partial charge is 0.392 e. The van der Waals surface area contributed by atoms with Crippen molar-refractivity contribution in [3.8, 4) is 22.5 Å². The quantitative estimate of drug-likeness (QED) is 0.467. The lowest BCUT2D eigenvalue weighted by molar-refractivity contribution is 0.282. The van der Waals surface area contributed by atoms with E-state index in [1.807, 2.05) is 24.3 Å². The summed E-state index contributed by atoms with van der Waals surface area (Å²) in [5, 5.41) is 10.7. The number of benzene rings is 2. The molecule has 0 bridgehead atoms. The van der Waals surface area contributed by atoms with Crippen molar-refractivity contribution in [3.05, 3.63) is 83.1 Å². The molecule has 5 rings (SSSR count). The third kappa shape index (κ3) is 3.09. The predicted octanol–water partition coefficient (Wildman–Crippen LogP) is 5.11. The van der Waals surface area contributed by atoms with Crippen LogP contribution in [0.1, 0.15) is 16.1 Å². The first-order valence-electron chi connectivity index (χ1n) is 9.21. The van der Waals surface area contributed by atoms with Gasteiger partial charge in [-0.05, 0) is 42.3 Å². The Bertz CT molecular complexity index is 1250. The fourth-order valence-electron chi connectivity index (χ4n) is 3.51. The molecule has 3 aromatic rings. The number of pyridine rings is 1. The maximum atomic E-state index is 9.60. The Balaban J connectivity index is 1.48. The van der Waals surface area contributed by atoms with Gasteiger partial charge < -0.3 is 9.67 Å². The van der Waals surface area contributed by atoms with E-state index >= 15 is 0 Å². The minimum absolute atomic E-state index is 0.0104. The summed E-state index contributed by atoms with van der Waals surface area (Å²) in [5.41, 5.74) is 7.13. The van der Waals surface area contributed by atoms with E-state index < -0.39 is 0 Å². The second kappa shape index (κ2) is 6.86. The van der Waals surface area contributed by atoms with Crippen LogP contribution in [0.5, 0.6) is 0 Å². The number of hydrogen-bond acceptors (Lipinski definition) is 4. The van der Waals surface area contributed by atoms with Gasteiger partial charge in [0.15, 0.2) is 0 Å². The summed E-state index contributed by atoms with van der Waals surface area (Å²) in [6.45, 7) is 2.84. The van der Waals surface area contributed by atoms with Gasteiger partial charge in [-0.2, -0.15) is 0 Å². The highest BCUT2D eigenvalue weighted by Gasteiger charge is 2.13. The van der Waals surface area contributed by atoms with E-state index in [9.17, 15) is 5.11 Å². The molecule has 0 atom stereocenters. The molecule has 1 aromatic heterocycles. The highest BCUT2D eigenvalue weighted by molar-refractivity contribution is 7.18. The van der Waals surface area contributed by atoms with Crippen LogP contribution < -0.4 is 0 Å². The van der Waals surface area contributed by atoms with Gasteiger partial charge in [-0.25, -0.2) is 9.97 Å². The van der Waals surface area contributed by atoms with Crippen LogP contribution >= 0.6 is 11.3 Å². The van der Waals surface area contributed by atoms with E-state index in [0.717, 1.165) is 45.1 Å². The summed E-state index contributed by atoms with van der Waals surface area (Å²) in [6, 6.07) is 18.4. The molecule has 1 N–H and O–H groups in total. The molecule has 2 aromatic carbocycles. The topological polar surface area (TPSA) is 50.9 Å². The average Bonchev–Trinajstić information content (AvgIpc) is 3.30. The Kier molecular flexibility index (Phi) is 4.19. The normalized spacial score (nSPS) is 11.5. The lowest BCUT2D eigenvalue weighted by Gasteiger charge is -2.06. The Morgan fingerprint density at radius 3 is 2.79 bits per heavy atom. The molecule has 2 aliphatic rings. The molecule has 2 aliphatic heterocycles. The lowest BCUT2D eigenvalue weighted by atomic mass is 10.1. The van der Waals surface area contributed by atoms with Crippen molar-refractivity contribution < 1.29 is 5.11 Å². The molecule has 0 saturated carbocycles. The van der Waals surface area contributed by atoms with Crippen molar-refractivity contribution in [2.24, 2.45) is 0 Å². The number of fused-ring (bicyclic) bond motifs is 2. The van der Waals surface area contributed by atoms with E-state index in [4.69, 9.17) is 9.97 Å². The van der Waals surface area contributed by atoms with Gasteiger partial charge in [0, 0.05) is 23.5 Å². The van der Waals surface area contributed by atoms with Gasteiger partial charge in [-0.3, -0.25) is 0 Å². The number of aliphatic hydroxyl groups is 1. The molecule has 0 amide bonds. The highest BCUT2D eigenvalue weighted by atomic mass is 32.1. The zero-order chi connectivity index (χ0) is 19.1. The van der Waals surface area contributed by atoms with Gasteiger partial charge in [0.2, 0.25) is 0 Å². The van der Waals surface area contributed by atoms with Crippen LogP contribution in [0, 0.1) is 6.92 Å². The van der Waals surface area contributed by atoms with Gasteiger partial charge in [0.05, 0.1) is 34.8 Å². The van der Waals surface area contributed by atoms with Crippen LogP contribution in [0.3, 0.4) is 0 Å². The fourth-order valence-corrected chi connectivity index (χ4v) is 4.58. The van der Waals surface area contributed by atoms with Crippen molar-refractivity contribution in [2.75, 3.05) is 0 Å². The SMILES string of the molecule is Cc1ccc2nc(Cn3ccc4cc(-c5ccccc5CO)nc-4c3)sc2c1. The Hall–Kier alpha value is -3.02. The van der Waals surface area contributed by atoms with Crippen LogP contribution in [0.2, 0.25) is 0 Å². The number of thiazole rings is 1. The van der Waals surface area contributed by atoms with E-state index in [0.29, 0.717) is 0 Å². The molecule has 0 radical (unpaired) electrons. The first-order valence-corrected chi connectivity index (χ1v) is 10.0. The minimum atomic E-state index is 0.0104. The summed E-state index contributed by atoms with van der Waals surface area (Å²) in [7, 11) is 0. The van der Waals surface area contributed by atoms with E-state index in [1.54, 1.807) is 11.3 Å². The Morgan fingerprint density at radius 1 is 1.00 bits per heavy atom. The molecule has 0 fully saturated rings. The zero-order valence-electron chi connectivity index (χ0n) is 15.5. The number of aryl methyl sites for hydroxylation is 1. The van der Waals surface area contributed by atoms with Crippen molar-refractivity contribution in [1.29, 1.82) is 0 Å². The minimum Gasteiger partial charge on any atom is -0.392 e. The highest BCUT2D eigenvalue weighted by Crippen LogP contribution is 2.31. The molecule has 0 aliphatic carbocycles. The molecule has 138 valence electrons. The molecule has 0 saturated heterocycles. The predicted molar refractivity (Wildman–Crippen MR) is 114 cm³/mol. The maximum Gasteiger partial charge on any atom is 0.114 e. The maximum absolute atomic E-state index is 9.60. The Morgan fingerprint density at radius 2 is 1.89 bits per heavy atom. The number of hydrogen-bond donors (Lipinski definition) is 1. The average molecular weight is 385 g/mol. The van der Waals surface area contributed by atoms with Crippen molar-refractivity contribution in [1.82, 2.24) is 14.5 Å². The molecule has 28 heavy (non-hydrogen) atoms. The second-order valence-corrected chi connectivity index (χ2v) is 8.11. The van der Waals surface area contributed by atoms with E-state index in [-0.39, 0.29) is 6.61 Å². The van der Waals surface area contributed by atoms with Gasteiger partial charge in [0.1, 0.15) is 5.01 Å². The summed E-state index contributed by atoms with van der Waals surface area (Å²) < 4.78 is 3.35. The van der Waals surface area contributed by atoms with E-state index in [1.165, 1.54) is 10.3 Å². The van der Waals surface area contributed by atoms with Crippen molar-refractivity contribution in [2.45, 2.75) is 20.1 Å². The van der Waals surface area contributed by atoms with Crippen LogP contribution in [0.15, 0.2) is 67.0 Å². The summed E-state index contributed by atoms with van der Waals surface area (Å²) in [4.78, 5) is 9.55. The molecule has 5 heteroatoms. The van der Waals surface area contributed by atoms with Gasteiger partial charge in [-0.1, -0.05) is 30.3 Å². The number of nitrogens with zero attached hydrogens (tertiary/aromatic N) is 3. The number of aromatic nitrogens is 3.